The van der Waals surface area contributed by atoms with E-state index >= 15 is 0 Å². The van der Waals surface area contributed by atoms with E-state index in [2.05, 4.69) is 15.5 Å². The van der Waals surface area contributed by atoms with E-state index in [4.69, 9.17) is 0 Å². The third-order valence-corrected chi connectivity index (χ3v) is 3.33. The lowest BCUT2D eigenvalue weighted by atomic mass is 9.84. The van der Waals surface area contributed by atoms with Crippen LogP contribution in [0.15, 0.2) is 4.79 Å². The van der Waals surface area contributed by atoms with Crippen molar-refractivity contribution >= 4 is 0 Å². The third kappa shape index (κ3) is 1.05. The largest absolute Gasteiger partial charge is 0.343 e. The maximum Gasteiger partial charge on any atom is 0.343 e. The van der Waals surface area contributed by atoms with Gasteiger partial charge in [-0.05, 0) is 12.8 Å². The van der Waals surface area contributed by atoms with Crippen molar-refractivity contribution in [2.24, 2.45) is 0 Å². The maximum absolute atomic E-state index is 11.5. The van der Waals surface area contributed by atoms with Gasteiger partial charge in [-0.2, -0.15) is 5.10 Å². The highest BCUT2D eigenvalue weighted by atomic mass is 16.1. The summed E-state index contributed by atoms with van der Waals surface area (Å²) in [6.07, 6.45) is 3.64. The molecule has 1 saturated carbocycles. The molecule has 0 amide bonds. The zero-order valence-corrected chi connectivity index (χ0v) is 7.99. The van der Waals surface area contributed by atoms with Gasteiger partial charge >= 0.3 is 5.69 Å². The van der Waals surface area contributed by atoms with Gasteiger partial charge in [-0.3, -0.25) is 4.57 Å². The lowest BCUT2D eigenvalue weighted by molar-refractivity contribution is 0.303. The molecule has 1 aliphatic carbocycles. The fourth-order valence-electron chi connectivity index (χ4n) is 2.08. The first-order valence-corrected chi connectivity index (χ1v) is 5.24. The molecule has 5 nitrogen and oxygen atoms in total. The Balaban J connectivity index is 1.97. The van der Waals surface area contributed by atoms with Crippen LogP contribution in [-0.4, -0.2) is 27.9 Å². The predicted molar refractivity (Wildman–Crippen MR) is 51.3 cm³/mol. The van der Waals surface area contributed by atoms with Crippen LogP contribution in [0.5, 0.6) is 0 Å². The van der Waals surface area contributed by atoms with Gasteiger partial charge < -0.3 is 5.32 Å². The van der Waals surface area contributed by atoms with Crippen molar-refractivity contribution in [1.29, 1.82) is 0 Å². The molecule has 1 aliphatic heterocycles. The zero-order chi connectivity index (χ0) is 9.54. The van der Waals surface area contributed by atoms with Crippen molar-refractivity contribution in [3.05, 3.63) is 16.3 Å². The van der Waals surface area contributed by atoms with E-state index in [0.717, 1.165) is 18.9 Å². The number of aromatic amines is 1. The molecule has 0 spiro atoms. The van der Waals surface area contributed by atoms with Crippen LogP contribution in [0.1, 0.15) is 37.0 Å². The minimum atomic E-state index is -0.0431. The molecule has 3 rings (SSSR count). The molecule has 2 aliphatic rings. The average Bonchev–Trinajstić information content (AvgIpc) is 2.29. The molecule has 2 N–H and O–H groups in total. The molecule has 14 heavy (non-hydrogen) atoms. The molecule has 1 aromatic heterocycles. The Labute approximate surface area is 81.5 Å². The van der Waals surface area contributed by atoms with E-state index in [1.807, 2.05) is 4.57 Å². The van der Waals surface area contributed by atoms with Gasteiger partial charge in [0.1, 0.15) is 5.82 Å². The van der Waals surface area contributed by atoms with Crippen molar-refractivity contribution in [3.63, 3.8) is 0 Å². The quantitative estimate of drug-likeness (QED) is 0.695. The fourth-order valence-corrected chi connectivity index (χ4v) is 2.08. The summed E-state index contributed by atoms with van der Waals surface area (Å²) >= 11 is 0. The highest BCUT2D eigenvalue weighted by Gasteiger charge is 2.30. The molecule has 2 fully saturated rings. The van der Waals surface area contributed by atoms with Crippen LogP contribution in [0.25, 0.3) is 0 Å². The standard InChI is InChI=1S/C9H14N4O/c14-9-12-11-8(6-2-1-3-6)13(9)7-4-10-5-7/h6-7,10H,1-5H2,(H,12,14). The Bertz CT molecular complexity index is 386. The lowest BCUT2D eigenvalue weighted by Crippen LogP contribution is -2.47. The van der Waals surface area contributed by atoms with Crippen LogP contribution in [0.4, 0.5) is 0 Å². The van der Waals surface area contributed by atoms with Crippen LogP contribution < -0.4 is 11.0 Å². The highest BCUT2D eigenvalue weighted by Crippen LogP contribution is 2.35. The average molecular weight is 194 g/mol. The van der Waals surface area contributed by atoms with Gasteiger partial charge in [0.05, 0.1) is 6.04 Å². The van der Waals surface area contributed by atoms with E-state index in [0.29, 0.717) is 12.0 Å². The highest BCUT2D eigenvalue weighted by molar-refractivity contribution is 5.04. The van der Waals surface area contributed by atoms with Gasteiger partial charge in [0, 0.05) is 19.0 Å². The summed E-state index contributed by atoms with van der Waals surface area (Å²) < 4.78 is 1.85. The number of hydrogen-bond donors (Lipinski definition) is 2. The summed E-state index contributed by atoms with van der Waals surface area (Å²) in [7, 11) is 0. The number of nitrogens with zero attached hydrogens (tertiary/aromatic N) is 2. The molecular weight excluding hydrogens is 180 g/mol. The minimum Gasteiger partial charge on any atom is -0.313 e. The molecule has 0 bridgehead atoms. The van der Waals surface area contributed by atoms with Crippen LogP contribution in [0.3, 0.4) is 0 Å². The van der Waals surface area contributed by atoms with Gasteiger partial charge in [0.2, 0.25) is 0 Å². The Morgan fingerprint density at radius 2 is 2.14 bits per heavy atom. The number of rotatable bonds is 2. The summed E-state index contributed by atoms with van der Waals surface area (Å²) in [5.74, 6) is 1.50. The molecule has 76 valence electrons. The molecule has 2 heterocycles. The van der Waals surface area contributed by atoms with Gasteiger partial charge in [0.25, 0.3) is 0 Å². The van der Waals surface area contributed by atoms with Gasteiger partial charge in [0.15, 0.2) is 0 Å². The second kappa shape index (κ2) is 2.95. The van der Waals surface area contributed by atoms with E-state index in [1.54, 1.807) is 0 Å². The molecule has 0 aromatic carbocycles. The summed E-state index contributed by atoms with van der Waals surface area (Å²) in [5.41, 5.74) is -0.0431. The van der Waals surface area contributed by atoms with E-state index in [9.17, 15) is 4.79 Å². The minimum absolute atomic E-state index is 0.0431. The Morgan fingerprint density at radius 3 is 2.64 bits per heavy atom. The summed E-state index contributed by atoms with van der Waals surface area (Å²) in [4.78, 5) is 11.5. The molecule has 0 unspecified atom stereocenters. The first-order chi connectivity index (χ1) is 6.86. The van der Waals surface area contributed by atoms with Gasteiger partial charge in [-0.15, -0.1) is 0 Å². The fraction of sp³-hybridized carbons (Fsp3) is 0.778. The molecule has 0 atom stereocenters. The second-order valence-electron chi connectivity index (χ2n) is 4.20. The second-order valence-corrected chi connectivity index (χ2v) is 4.20. The SMILES string of the molecule is O=c1[nH]nc(C2CCC2)n1C1CNC1. The molecule has 1 saturated heterocycles. The zero-order valence-electron chi connectivity index (χ0n) is 7.99. The van der Waals surface area contributed by atoms with E-state index < -0.39 is 0 Å². The van der Waals surface area contributed by atoms with Crippen LogP contribution >= 0.6 is 0 Å². The number of aromatic nitrogens is 3. The van der Waals surface area contributed by atoms with Crippen molar-refractivity contribution in [2.75, 3.05) is 13.1 Å². The van der Waals surface area contributed by atoms with Crippen molar-refractivity contribution in [2.45, 2.75) is 31.2 Å². The van der Waals surface area contributed by atoms with Crippen molar-refractivity contribution in [3.8, 4) is 0 Å². The lowest BCUT2D eigenvalue weighted by Gasteiger charge is -2.32. The van der Waals surface area contributed by atoms with Crippen molar-refractivity contribution in [1.82, 2.24) is 20.1 Å². The number of nitrogens with one attached hydrogen (secondary N) is 2. The Kier molecular flexibility index (Phi) is 1.73. The monoisotopic (exact) mass is 194 g/mol. The Hall–Kier alpha value is -1.10. The predicted octanol–water partition coefficient (Wildman–Crippen LogP) is -0.0168. The smallest absolute Gasteiger partial charge is 0.313 e. The van der Waals surface area contributed by atoms with Gasteiger partial charge in [-0.1, -0.05) is 6.42 Å². The van der Waals surface area contributed by atoms with Gasteiger partial charge in [-0.25, -0.2) is 9.89 Å². The summed E-state index contributed by atoms with van der Waals surface area (Å²) in [6, 6.07) is 0.330. The normalized spacial score (nSPS) is 23.1. The molecule has 1 aromatic rings. The first-order valence-electron chi connectivity index (χ1n) is 5.24. The first kappa shape index (κ1) is 8.23. The van der Waals surface area contributed by atoms with Crippen molar-refractivity contribution < 1.29 is 0 Å². The van der Waals surface area contributed by atoms with E-state index in [1.165, 1.54) is 19.3 Å². The maximum atomic E-state index is 11.5. The van der Waals surface area contributed by atoms with Crippen LogP contribution in [0.2, 0.25) is 0 Å². The summed E-state index contributed by atoms with van der Waals surface area (Å²) in [6.45, 7) is 1.80. The Morgan fingerprint density at radius 1 is 1.36 bits per heavy atom. The molecule has 5 heteroatoms. The van der Waals surface area contributed by atoms with Crippen LogP contribution in [-0.2, 0) is 0 Å². The number of H-pyrrole nitrogens is 1. The molecular formula is C9H14N4O. The van der Waals surface area contributed by atoms with E-state index in [-0.39, 0.29) is 5.69 Å². The number of hydrogen-bond acceptors (Lipinski definition) is 3. The third-order valence-electron chi connectivity index (χ3n) is 3.33. The summed E-state index contributed by atoms with van der Waals surface area (Å²) in [5, 5.41) is 9.88. The van der Waals surface area contributed by atoms with Crippen LogP contribution in [0, 0.1) is 0 Å². The molecule has 0 radical (unpaired) electrons. The topological polar surface area (TPSA) is 62.7 Å².